The summed E-state index contributed by atoms with van der Waals surface area (Å²) in [5.41, 5.74) is 0.675. The van der Waals surface area contributed by atoms with Crippen molar-refractivity contribution in [2.45, 2.75) is 32.6 Å². The van der Waals surface area contributed by atoms with E-state index < -0.39 is 5.97 Å². The van der Waals surface area contributed by atoms with Crippen LogP contribution in [-0.2, 0) is 4.79 Å². The largest absolute Gasteiger partial charge is 0.493 e. The molecular weight excluding hydrogens is 284 g/mol. The Kier molecular flexibility index (Phi) is 7.89. The van der Waals surface area contributed by atoms with Crippen LogP contribution in [0.2, 0.25) is 0 Å². The van der Waals surface area contributed by atoms with Gasteiger partial charge in [0, 0.05) is 6.08 Å². The number of carboxylic acid groups (broad SMARTS) is 1. The number of ether oxygens (including phenoxy) is 3. The third kappa shape index (κ3) is 5.68. The Hall–Kier alpha value is -2.17. The predicted octanol–water partition coefficient (Wildman–Crippen LogP) is 3.76. The number of rotatable bonds is 10. The molecule has 5 heteroatoms. The molecule has 0 aliphatic rings. The van der Waals surface area contributed by atoms with Crippen molar-refractivity contribution < 1.29 is 24.1 Å². The fourth-order valence-corrected chi connectivity index (χ4v) is 2.01. The van der Waals surface area contributed by atoms with Gasteiger partial charge >= 0.3 is 5.97 Å². The maximum absolute atomic E-state index is 10.6. The molecule has 0 atom stereocenters. The molecule has 1 N–H and O–H groups in total. The summed E-state index contributed by atoms with van der Waals surface area (Å²) in [6.07, 6.45) is 7.02. The van der Waals surface area contributed by atoms with Crippen molar-refractivity contribution in [3.05, 3.63) is 23.8 Å². The third-order valence-corrected chi connectivity index (χ3v) is 3.15. The van der Waals surface area contributed by atoms with Crippen LogP contribution in [0.3, 0.4) is 0 Å². The fraction of sp³-hybridized carbons (Fsp3) is 0.471. The van der Waals surface area contributed by atoms with Crippen molar-refractivity contribution in [2.24, 2.45) is 0 Å². The number of hydrogen-bond donors (Lipinski definition) is 1. The van der Waals surface area contributed by atoms with Crippen LogP contribution >= 0.6 is 0 Å². The first-order valence-electron chi connectivity index (χ1n) is 7.42. The second kappa shape index (κ2) is 9.71. The van der Waals surface area contributed by atoms with Crippen LogP contribution in [-0.4, -0.2) is 31.9 Å². The van der Waals surface area contributed by atoms with Crippen LogP contribution in [0.15, 0.2) is 18.2 Å². The second-order valence-corrected chi connectivity index (χ2v) is 4.84. The molecule has 0 saturated heterocycles. The van der Waals surface area contributed by atoms with Gasteiger partial charge in [-0.3, -0.25) is 0 Å². The lowest BCUT2D eigenvalue weighted by Crippen LogP contribution is -2.02. The van der Waals surface area contributed by atoms with Crippen LogP contribution in [0.4, 0.5) is 0 Å². The maximum atomic E-state index is 10.6. The smallest absolute Gasteiger partial charge is 0.328 e. The molecule has 0 aromatic heterocycles. The molecule has 122 valence electrons. The predicted molar refractivity (Wildman–Crippen MR) is 85.9 cm³/mol. The van der Waals surface area contributed by atoms with Crippen molar-refractivity contribution in [3.8, 4) is 17.2 Å². The molecule has 22 heavy (non-hydrogen) atoms. The Morgan fingerprint density at radius 3 is 2.27 bits per heavy atom. The van der Waals surface area contributed by atoms with Gasteiger partial charge in [0.05, 0.1) is 20.8 Å². The molecule has 1 rings (SSSR count). The minimum atomic E-state index is -1.01. The Morgan fingerprint density at radius 2 is 1.77 bits per heavy atom. The molecule has 1 aromatic carbocycles. The van der Waals surface area contributed by atoms with E-state index in [1.807, 2.05) is 0 Å². The summed E-state index contributed by atoms with van der Waals surface area (Å²) >= 11 is 0. The van der Waals surface area contributed by atoms with E-state index in [0.29, 0.717) is 29.4 Å². The van der Waals surface area contributed by atoms with Gasteiger partial charge in [-0.1, -0.05) is 26.2 Å². The first-order chi connectivity index (χ1) is 10.6. The van der Waals surface area contributed by atoms with Crippen LogP contribution in [0.5, 0.6) is 17.2 Å². The Labute approximate surface area is 131 Å². The number of carbonyl (C=O) groups is 1. The number of carboxylic acids is 1. The second-order valence-electron chi connectivity index (χ2n) is 4.84. The summed E-state index contributed by atoms with van der Waals surface area (Å²) in [5.74, 6) is 0.600. The van der Waals surface area contributed by atoms with Crippen molar-refractivity contribution in [2.75, 3.05) is 20.8 Å². The van der Waals surface area contributed by atoms with Crippen molar-refractivity contribution >= 4 is 12.0 Å². The van der Waals surface area contributed by atoms with Gasteiger partial charge in [0.2, 0.25) is 5.75 Å². The van der Waals surface area contributed by atoms with E-state index in [0.717, 1.165) is 18.9 Å². The zero-order valence-corrected chi connectivity index (χ0v) is 13.4. The van der Waals surface area contributed by atoms with Gasteiger partial charge in [-0.2, -0.15) is 0 Å². The monoisotopic (exact) mass is 308 g/mol. The highest BCUT2D eigenvalue weighted by molar-refractivity contribution is 5.85. The highest BCUT2D eigenvalue weighted by Gasteiger charge is 2.13. The summed E-state index contributed by atoms with van der Waals surface area (Å²) in [4.78, 5) is 10.6. The van der Waals surface area contributed by atoms with E-state index >= 15 is 0 Å². The molecule has 0 radical (unpaired) electrons. The molecule has 1 aromatic rings. The lowest BCUT2D eigenvalue weighted by molar-refractivity contribution is -0.131. The molecule has 0 bridgehead atoms. The van der Waals surface area contributed by atoms with Crippen LogP contribution in [0.1, 0.15) is 38.2 Å². The Morgan fingerprint density at radius 1 is 1.14 bits per heavy atom. The molecule has 0 fully saturated rings. The minimum Gasteiger partial charge on any atom is -0.493 e. The highest BCUT2D eigenvalue weighted by Crippen LogP contribution is 2.39. The zero-order chi connectivity index (χ0) is 16.4. The van der Waals surface area contributed by atoms with Gasteiger partial charge in [0.15, 0.2) is 11.5 Å². The normalized spacial score (nSPS) is 10.7. The fourth-order valence-electron chi connectivity index (χ4n) is 2.01. The molecule has 0 saturated carbocycles. The molecule has 0 aliphatic carbocycles. The van der Waals surface area contributed by atoms with Gasteiger partial charge in [-0.15, -0.1) is 0 Å². The third-order valence-electron chi connectivity index (χ3n) is 3.15. The highest BCUT2D eigenvalue weighted by atomic mass is 16.5. The van der Waals surface area contributed by atoms with E-state index in [-0.39, 0.29) is 0 Å². The molecular formula is C17H24O5. The SMILES string of the molecule is CCCCCCOc1c(OC)cc(/C=C/C(=O)O)cc1OC. The lowest BCUT2D eigenvalue weighted by atomic mass is 10.1. The van der Waals surface area contributed by atoms with Crippen LogP contribution < -0.4 is 14.2 Å². The van der Waals surface area contributed by atoms with E-state index in [1.54, 1.807) is 26.4 Å². The summed E-state index contributed by atoms with van der Waals surface area (Å²) in [6, 6.07) is 3.45. The number of benzene rings is 1. The van der Waals surface area contributed by atoms with Gasteiger partial charge in [0.25, 0.3) is 0 Å². The molecule has 0 amide bonds. The number of unbranched alkanes of at least 4 members (excludes halogenated alkanes) is 3. The van der Waals surface area contributed by atoms with Crippen molar-refractivity contribution in [1.82, 2.24) is 0 Å². The summed E-state index contributed by atoms with van der Waals surface area (Å²) < 4.78 is 16.4. The number of hydrogen-bond acceptors (Lipinski definition) is 4. The Bertz CT molecular complexity index is 483. The van der Waals surface area contributed by atoms with Gasteiger partial charge in [0.1, 0.15) is 0 Å². The standard InChI is InChI=1S/C17H24O5/c1-4-5-6-7-10-22-17-14(20-2)11-13(8-9-16(18)19)12-15(17)21-3/h8-9,11-12H,4-7,10H2,1-3H3,(H,18,19)/b9-8+. The van der Waals surface area contributed by atoms with E-state index in [9.17, 15) is 4.79 Å². The van der Waals surface area contributed by atoms with Crippen LogP contribution in [0.25, 0.3) is 6.08 Å². The van der Waals surface area contributed by atoms with Crippen molar-refractivity contribution in [1.29, 1.82) is 0 Å². The molecule has 0 spiro atoms. The average Bonchev–Trinajstić information content (AvgIpc) is 2.52. The van der Waals surface area contributed by atoms with E-state index in [4.69, 9.17) is 19.3 Å². The lowest BCUT2D eigenvalue weighted by Gasteiger charge is -2.15. The van der Waals surface area contributed by atoms with Gasteiger partial charge < -0.3 is 19.3 Å². The topological polar surface area (TPSA) is 65.0 Å². The molecule has 5 nitrogen and oxygen atoms in total. The summed E-state index contributed by atoms with van der Waals surface area (Å²) in [7, 11) is 3.09. The molecule has 0 heterocycles. The van der Waals surface area contributed by atoms with Gasteiger partial charge in [-0.05, 0) is 30.2 Å². The zero-order valence-electron chi connectivity index (χ0n) is 13.4. The Balaban J connectivity index is 2.88. The first-order valence-corrected chi connectivity index (χ1v) is 7.42. The average molecular weight is 308 g/mol. The molecule has 0 aliphatic heterocycles. The summed E-state index contributed by atoms with van der Waals surface area (Å²) in [5, 5.41) is 8.70. The van der Waals surface area contributed by atoms with Gasteiger partial charge in [-0.25, -0.2) is 4.79 Å². The quantitative estimate of drug-likeness (QED) is 0.526. The van der Waals surface area contributed by atoms with E-state index in [2.05, 4.69) is 6.92 Å². The van der Waals surface area contributed by atoms with E-state index in [1.165, 1.54) is 18.9 Å². The number of aliphatic carboxylic acids is 1. The minimum absolute atomic E-state index is 0.528. The maximum Gasteiger partial charge on any atom is 0.328 e. The van der Waals surface area contributed by atoms with Crippen LogP contribution in [0, 0.1) is 0 Å². The summed E-state index contributed by atoms with van der Waals surface area (Å²) in [6.45, 7) is 2.76. The number of methoxy groups -OCH3 is 2. The van der Waals surface area contributed by atoms with Crippen molar-refractivity contribution in [3.63, 3.8) is 0 Å². The molecule has 0 unspecified atom stereocenters. The first kappa shape index (κ1) is 17.9.